The standard InChI is InChI=1S/C11H14ClNO4/c1-13(2)10-8(12)9(15)7(5-6-14)11(10,16-3)17-4/h5-6H,1-4H3/b7-5-. The summed E-state index contributed by atoms with van der Waals surface area (Å²) in [7, 11) is 6.19. The number of halogens is 1. The van der Waals surface area contributed by atoms with E-state index >= 15 is 0 Å². The van der Waals surface area contributed by atoms with Gasteiger partial charge in [-0.1, -0.05) is 11.6 Å². The first-order chi connectivity index (χ1) is 7.96. The summed E-state index contributed by atoms with van der Waals surface area (Å²) >= 11 is 5.97. The third-order valence-electron chi connectivity index (χ3n) is 2.58. The van der Waals surface area contributed by atoms with Crippen LogP contribution in [-0.4, -0.2) is 51.1 Å². The Balaban J connectivity index is 3.51. The number of methoxy groups -OCH3 is 2. The Labute approximate surface area is 105 Å². The van der Waals surface area contributed by atoms with Crippen LogP contribution >= 0.6 is 11.6 Å². The molecule has 0 aliphatic heterocycles. The fourth-order valence-electron chi connectivity index (χ4n) is 1.89. The van der Waals surface area contributed by atoms with Gasteiger partial charge in [-0.05, 0) is 6.08 Å². The maximum absolute atomic E-state index is 11.9. The molecule has 0 aromatic carbocycles. The fourth-order valence-corrected chi connectivity index (χ4v) is 2.28. The lowest BCUT2D eigenvalue weighted by Gasteiger charge is -2.33. The highest BCUT2D eigenvalue weighted by molar-refractivity contribution is 6.47. The van der Waals surface area contributed by atoms with Crippen molar-refractivity contribution in [2.24, 2.45) is 0 Å². The molecule has 0 atom stereocenters. The maximum Gasteiger partial charge on any atom is 0.242 e. The number of hydrogen-bond acceptors (Lipinski definition) is 5. The van der Waals surface area contributed by atoms with Gasteiger partial charge in [-0.15, -0.1) is 0 Å². The van der Waals surface area contributed by atoms with Crippen LogP contribution in [0.25, 0.3) is 0 Å². The molecule has 5 nitrogen and oxygen atoms in total. The van der Waals surface area contributed by atoms with E-state index in [4.69, 9.17) is 21.1 Å². The van der Waals surface area contributed by atoms with E-state index in [0.717, 1.165) is 6.08 Å². The fraction of sp³-hybridized carbons (Fsp3) is 0.455. The number of likely N-dealkylation sites (N-methyl/N-ethyl adjacent to an activating group) is 1. The molecule has 0 fully saturated rings. The summed E-state index contributed by atoms with van der Waals surface area (Å²) in [5.74, 6) is -1.88. The minimum Gasteiger partial charge on any atom is -0.375 e. The normalized spacial score (nSPS) is 21.2. The molecular weight excluding hydrogens is 246 g/mol. The lowest BCUT2D eigenvalue weighted by molar-refractivity contribution is -0.160. The van der Waals surface area contributed by atoms with Gasteiger partial charge in [0.05, 0.1) is 5.57 Å². The first kappa shape index (κ1) is 13.9. The summed E-state index contributed by atoms with van der Waals surface area (Å²) < 4.78 is 10.5. The Morgan fingerprint density at radius 3 is 2.18 bits per heavy atom. The topological polar surface area (TPSA) is 55.8 Å². The van der Waals surface area contributed by atoms with Gasteiger partial charge < -0.3 is 14.4 Å². The van der Waals surface area contributed by atoms with Crippen LogP contribution in [0.2, 0.25) is 0 Å². The van der Waals surface area contributed by atoms with Crippen LogP contribution in [0.3, 0.4) is 0 Å². The van der Waals surface area contributed by atoms with Gasteiger partial charge in [0.2, 0.25) is 11.6 Å². The van der Waals surface area contributed by atoms with Gasteiger partial charge in [-0.25, -0.2) is 0 Å². The lowest BCUT2D eigenvalue weighted by Crippen LogP contribution is -2.41. The van der Waals surface area contributed by atoms with Crippen molar-refractivity contribution in [1.82, 2.24) is 4.90 Å². The van der Waals surface area contributed by atoms with E-state index in [1.807, 2.05) is 0 Å². The monoisotopic (exact) mass is 259 g/mol. The summed E-state index contributed by atoms with van der Waals surface area (Å²) in [5.41, 5.74) is 0.452. The van der Waals surface area contributed by atoms with E-state index in [1.165, 1.54) is 14.2 Å². The molecular formula is C11H14ClNO4. The van der Waals surface area contributed by atoms with Crippen LogP contribution in [0, 0.1) is 0 Å². The van der Waals surface area contributed by atoms with Crippen molar-refractivity contribution in [3.8, 4) is 0 Å². The van der Waals surface area contributed by atoms with Gasteiger partial charge in [0.1, 0.15) is 17.0 Å². The second kappa shape index (κ2) is 5.00. The minimum atomic E-state index is -1.42. The molecule has 17 heavy (non-hydrogen) atoms. The zero-order valence-electron chi connectivity index (χ0n) is 10.1. The first-order valence-electron chi connectivity index (χ1n) is 4.84. The van der Waals surface area contributed by atoms with Crippen molar-refractivity contribution in [2.45, 2.75) is 5.79 Å². The molecule has 0 bridgehead atoms. The van der Waals surface area contributed by atoms with E-state index in [-0.39, 0.29) is 10.6 Å². The molecule has 0 radical (unpaired) electrons. The van der Waals surface area contributed by atoms with E-state index in [9.17, 15) is 9.59 Å². The van der Waals surface area contributed by atoms with Crippen molar-refractivity contribution in [1.29, 1.82) is 0 Å². The molecule has 1 aliphatic carbocycles. The second-order valence-electron chi connectivity index (χ2n) is 3.63. The van der Waals surface area contributed by atoms with Gasteiger partial charge in [-0.2, -0.15) is 0 Å². The third-order valence-corrected chi connectivity index (χ3v) is 2.93. The minimum absolute atomic E-state index is 0.00759. The highest BCUT2D eigenvalue weighted by Crippen LogP contribution is 2.43. The van der Waals surface area contributed by atoms with Crippen LogP contribution in [-0.2, 0) is 19.1 Å². The average molecular weight is 260 g/mol. The predicted molar refractivity (Wildman–Crippen MR) is 62.5 cm³/mol. The number of Topliss-reactive ketones (excluding diaryl/α,β-unsaturated/α-hetero) is 1. The summed E-state index contributed by atoms with van der Waals surface area (Å²) in [6.45, 7) is 0. The molecule has 1 rings (SSSR count). The molecule has 0 heterocycles. The molecule has 0 aromatic heterocycles. The smallest absolute Gasteiger partial charge is 0.242 e. The summed E-state index contributed by atoms with van der Waals surface area (Å²) in [6.07, 6.45) is 1.61. The Morgan fingerprint density at radius 2 is 1.82 bits per heavy atom. The highest BCUT2D eigenvalue weighted by atomic mass is 35.5. The van der Waals surface area contributed by atoms with Crippen LogP contribution < -0.4 is 0 Å². The van der Waals surface area contributed by atoms with Crippen molar-refractivity contribution >= 4 is 23.7 Å². The predicted octanol–water partition coefficient (Wildman–Crippen LogP) is 0.696. The quantitative estimate of drug-likeness (QED) is 0.423. The molecule has 0 amide bonds. The second-order valence-corrected chi connectivity index (χ2v) is 4.01. The Kier molecular flexibility index (Phi) is 4.08. The SMILES string of the molecule is COC1(OC)C(N(C)C)=C(Cl)C(=O)/C1=C/C=O. The number of aldehydes is 1. The number of carbonyl (C=O) groups excluding carboxylic acids is 2. The van der Waals surface area contributed by atoms with Gasteiger partial charge in [0.25, 0.3) is 0 Å². The molecule has 6 heteroatoms. The zero-order chi connectivity index (χ0) is 13.2. The van der Waals surface area contributed by atoms with Crippen molar-refractivity contribution in [2.75, 3.05) is 28.3 Å². The molecule has 0 N–H and O–H groups in total. The van der Waals surface area contributed by atoms with Crippen LogP contribution in [0.4, 0.5) is 0 Å². The van der Waals surface area contributed by atoms with E-state index in [0.29, 0.717) is 12.0 Å². The Hall–Kier alpha value is -1.17. The molecule has 1 aliphatic rings. The zero-order valence-corrected chi connectivity index (χ0v) is 10.9. The van der Waals surface area contributed by atoms with Crippen molar-refractivity contribution in [3.63, 3.8) is 0 Å². The van der Waals surface area contributed by atoms with Crippen molar-refractivity contribution < 1.29 is 19.1 Å². The Morgan fingerprint density at radius 1 is 1.29 bits per heavy atom. The van der Waals surface area contributed by atoms with Gasteiger partial charge in [-0.3, -0.25) is 9.59 Å². The molecule has 0 unspecified atom stereocenters. The summed E-state index contributed by atoms with van der Waals surface area (Å²) in [6, 6.07) is 0. The number of nitrogens with zero attached hydrogens (tertiary/aromatic N) is 1. The average Bonchev–Trinajstić information content (AvgIpc) is 2.51. The number of hydrogen-bond donors (Lipinski definition) is 0. The van der Waals surface area contributed by atoms with E-state index in [2.05, 4.69) is 0 Å². The number of allylic oxidation sites excluding steroid dienone is 2. The molecule has 0 saturated carbocycles. The van der Waals surface area contributed by atoms with E-state index in [1.54, 1.807) is 19.0 Å². The maximum atomic E-state index is 11.9. The van der Waals surface area contributed by atoms with Crippen LogP contribution in [0.15, 0.2) is 22.4 Å². The number of ketones is 1. The molecule has 0 aromatic rings. The van der Waals surface area contributed by atoms with Gasteiger partial charge in [0, 0.05) is 28.3 Å². The van der Waals surface area contributed by atoms with Gasteiger partial charge in [0.15, 0.2) is 0 Å². The molecule has 94 valence electrons. The number of ether oxygens (including phenoxy) is 2. The number of carbonyl (C=O) groups is 2. The largest absolute Gasteiger partial charge is 0.375 e. The van der Waals surface area contributed by atoms with Gasteiger partial charge >= 0.3 is 0 Å². The van der Waals surface area contributed by atoms with Crippen molar-refractivity contribution in [3.05, 3.63) is 22.4 Å². The summed E-state index contributed by atoms with van der Waals surface area (Å²) in [5, 5.41) is -0.00759. The third kappa shape index (κ3) is 1.90. The van der Waals surface area contributed by atoms with E-state index < -0.39 is 11.6 Å². The molecule has 0 saturated heterocycles. The Bertz CT molecular complexity index is 408. The van der Waals surface area contributed by atoms with Crippen LogP contribution in [0.1, 0.15) is 0 Å². The summed E-state index contributed by atoms with van der Waals surface area (Å²) in [4.78, 5) is 24.2. The molecule has 0 spiro atoms. The number of rotatable bonds is 4. The highest BCUT2D eigenvalue weighted by Gasteiger charge is 2.52. The lowest BCUT2D eigenvalue weighted by atomic mass is 10.1. The first-order valence-corrected chi connectivity index (χ1v) is 5.22. The van der Waals surface area contributed by atoms with Crippen LogP contribution in [0.5, 0.6) is 0 Å².